The van der Waals surface area contributed by atoms with E-state index < -0.39 is 0 Å². The predicted octanol–water partition coefficient (Wildman–Crippen LogP) is 1.52. The van der Waals surface area contributed by atoms with Gasteiger partial charge in [0.15, 0.2) is 11.5 Å². The maximum absolute atomic E-state index is 13.3. The number of methoxy groups -OCH3 is 1. The van der Waals surface area contributed by atoms with E-state index in [2.05, 4.69) is 9.80 Å². The van der Waals surface area contributed by atoms with Crippen LogP contribution in [0.1, 0.15) is 15.9 Å². The molecule has 0 radical (unpaired) electrons. The SMILES string of the molecule is COc1ccc(C(=O)N2CC3COCCN3C3(CN(Cc4ccc(O)c(O)c4)C3)C2)cc1. The fourth-order valence-corrected chi connectivity index (χ4v) is 5.37. The third-order valence-corrected chi connectivity index (χ3v) is 6.86. The first-order valence-electron chi connectivity index (χ1n) is 11.0. The summed E-state index contributed by atoms with van der Waals surface area (Å²) in [5.74, 6) is 0.572. The summed E-state index contributed by atoms with van der Waals surface area (Å²) < 4.78 is 11.0. The Morgan fingerprint density at radius 1 is 1.12 bits per heavy atom. The number of carbonyl (C=O) groups is 1. The zero-order valence-electron chi connectivity index (χ0n) is 18.2. The van der Waals surface area contributed by atoms with E-state index in [-0.39, 0.29) is 29.0 Å². The van der Waals surface area contributed by atoms with Gasteiger partial charge in [0, 0.05) is 44.8 Å². The number of phenolic OH excluding ortho intramolecular Hbond substituents is 2. The number of likely N-dealkylation sites (tertiary alicyclic amines) is 1. The van der Waals surface area contributed by atoms with Crippen LogP contribution in [0.2, 0.25) is 0 Å². The second-order valence-corrected chi connectivity index (χ2v) is 9.03. The van der Waals surface area contributed by atoms with Crippen LogP contribution in [0.4, 0.5) is 0 Å². The Hall–Kier alpha value is -2.81. The molecule has 8 nitrogen and oxygen atoms in total. The molecule has 170 valence electrons. The predicted molar refractivity (Wildman–Crippen MR) is 118 cm³/mol. The van der Waals surface area contributed by atoms with Crippen molar-refractivity contribution in [3.8, 4) is 17.2 Å². The van der Waals surface area contributed by atoms with E-state index in [0.29, 0.717) is 31.8 Å². The maximum Gasteiger partial charge on any atom is 0.253 e. The van der Waals surface area contributed by atoms with Crippen molar-refractivity contribution in [2.45, 2.75) is 18.1 Å². The molecule has 32 heavy (non-hydrogen) atoms. The lowest BCUT2D eigenvalue weighted by atomic mass is 9.82. The minimum absolute atomic E-state index is 0.0409. The second-order valence-electron chi connectivity index (χ2n) is 9.03. The van der Waals surface area contributed by atoms with E-state index in [1.807, 2.05) is 35.2 Å². The van der Waals surface area contributed by atoms with Crippen molar-refractivity contribution in [3.05, 3.63) is 53.6 Å². The van der Waals surface area contributed by atoms with Gasteiger partial charge in [0.05, 0.1) is 31.9 Å². The molecule has 3 fully saturated rings. The average molecular weight is 440 g/mol. The normalized spacial score (nSPS) is 22.9. The van der Waals surface area contributed by atoms with Crippen LogP contribution in [-0.4, -0.2) is 95.4 Å². The summed E-state index contributed by atoms with van der Waals surface area (Å²) >= 11 is 0. The lowest BCUT2D eigenvalue weighted by Gasteiger charge is -2.63. The highest BCUT2D eigenvalue weighted by molar-refractivity contribution is 5.94. The van der Waals surface area contributed by atoms with Crippen molar-refractivity contribution in [1.29, 1.82) is 0 Å². The van der Waals surface area contributed by atoms with Gasteiger partial charge in [-0.15, -0.1) is 0 Å². The highest BCUT2D eigenvalue weighted by Crippen LogP contribution is 2.37. The molecule has 2 N–H and O–H groups in total. The summed E-state index contributed by atoms with van der Waals surface area (Å²) in [4.78, 5) is 20.1. The second kappa shape index (κ2) is 8.27. The first kappa shape index (κ1) is 21.1. The van der Waals surface area contributed by atoms with Gasteiger partial charge in [-0.3, -0.25) is 14.6 Å². The van der Waals surface area contributed by atoms with Crippen LogP contribution < -0.4 is 4.74 Å². The monoisotopic (exact) mass is 439 g/mol. The van der Waals surface area contributed by atoms with Gasteiger partial charge >= 0.3 is 0 Å². The molecule has 1 atom stereocenters. The van der Waals surface area contributed by atoms with Crippen molar-refractivity contribution >= 4 is 5.91 Å². The lowest BCUT2D eigenvalue weighted by Crippen LogP contribution is -2.80. The van der Waals surface area contributed by atoms with Crippen LogP contribution in [0.5, 0.6) is 17.2 Å². The number of hydrogen-bond donors (Lipinski definition) is 2. The first-order valence-corrected chi connectivity index (χ1v) is 11.0. The molecule has 0 aliphatic carbocycles. The van der Waals surface area contributed by atoms with E-state index in [9.17, 15) is 15.0 Å². The number of amides is 1. The molecule has 3 heterocycles. The minimum Gasteiger partial charge on any atom is -0.504 e. The van der Waals surface area contributed by atoms with Crippen molar-refractivity contribution in [2.24, 2.45) is 0 Å². The molecule has 0 aromatic heterocycles. The van der Waals surface area contributed by atoms with Gasteiger partial charge in [-0.2, -0.15) is 0 Å². The number of phenols is 2. The zero-order chi connectivity index (χ0) is 22.3. The maximum atomic E-state index is 13.3. The summed E-state index contributed by atoms with van der Waals surface area (Å²) in [7, 11) is 1.62. The molecule has 2 aromatic carbocycles. The Morgan fingerprint density at radius 2 is 1.91 bits per heavy atom. The molecule has 3 aliphatic heterocycles. The van der Waals surface area contributed by atoms with E-state index in [0.717, 1.165) is 37.6 Å². The van der Waals surface area contributed by atoms with Gasteiger partial charge in [-0.25, -0.2) is 0 Å². The van der Waals surface area contributed by atoms with Crippen molar-refractivity contribution in [3.63, 3.8) is 0 Å². The van der Waals surface area contributed by atoms with E-state index in [1.54, 1.807) is 13.2 Å². The van der Waals surface area contributed by atoms with Crippen molar-refractivity contribution in [2.75, 3.05) is 53.0 Å². The molecular formula is C24H29N3O5. The number of piperazine rings is 1. The number of carbonyl (C=O) groups excluding carboxylic acids is 1. The van der Waals surface area contributed by atoms with Gasteiger partial charge in [0.2, 0.25) is 0 Å². The highest BCUT2D eigenvalue weighted by atomic mass is 16.5. The van der Waals surface area contributed by atoms with Crippen LogP contribution in [0.3, 0.4) is 0 Å². The quantitative estimate of drug-likeness (QED) is 0.699. The van der Waals surface area contributed by atoms with Crippen LogP contribution in [0.15, 0.2) is 42.5 Å². The topological polar surface area (TPSA) is 85.7 Å². The van der Waals surface area contributed by atoms with Crippen LogP contribution >= 0.6 is 0 Å². The summed E-state index contributed by atoms with van der Waals surface area (Å²) in [5, 5.41) is 19.3. The fraction of sp³-hybridized carbons (Fsp3) is 0.458. The summed E-state index contributed by atoms with van der Waals surface area (Å²) in [6, 6.07) is 12.4. The Balaban J connectivity index is 1.31. The summed E-state index contributed by atoms with van der Waals surface area (Å²) in [5.41, 5.74) is 1.53. The van der Waals surface area contributed by atoms with Crippen molar-refractivity contribution in [1.82, 2.24) is 14.7 Å². The van der Waals surface area contributed by atoms with Crippen molar-refractivity contribution < 1.29 is 24.5 Å². The third-order valence-electron chi connectivity index (χ3n) is 6.86. The molecule has 0 saturated carbocycles. The Labute approximate surface area is 187 Å². The van der Waals surface area contributed by atoms with Gasteiger partial charge in [0.1, 0.15) is 5.75 Å². The molecule has 1 unspecified atom stereocenters. The number of hydrogen-bond acceptors (Lipinski definition) is 7. The molecule has 2 aromatic rings. The zero-order valence-corrected chi connectivity index (χ0v) is 18.2. The number of rotatable bonds is 4. The standard InChI is InChI=1S/C24H29N3O5/c1-31-20-5-3-18(4-6-20)23(30)26-12-19-13-32-9-8-27(19)24(16-26)14-25(15-24)11-17-2-7-21(28)22(29)10-17/h2-7,10,19,28-29H,8-9,11-16H2,1H3. The Kier molecular flexibility index (Phi) is 5.44. The summed E-state index contributed by atoms with van der Waals surface area (Å²) in [6.07, 6.45) is 0. The number of nitrogens with zero attached hydrogens (tertiary/aromatic N) is 3. The van der Waals surface area contributed by atoms with E-state index in [1.165, 1.54) is 6.07 Å². The smallest absolute Gasteiger partial charge is 0.253 e. The number of morpholine rings is 1. The third kappa shape index (κ3) is 3.79. The molecule has 3 aliphatic rings. The average Bonchev–Trinajstić information content (AvgIpc) is 2.80. The van der Waals surface area contributed by atoms with Crippen LogP contribution in [0.25, 0.3) is 0 Å². The van der Waals surface area contributed by atoms with Crippen LogP contribution in [0, 0.1) is 0 Å². The number of ether oxygens (including phenoxy) is 2. The molecule has 8 heteroatoms. The molecule has 3 saturated heterocycles. The Morgan fingerprint density at radius 3 is 2.62 bits per heavy atom. The van der Waals surface area contributed by atoms with Gasteiger partial charge in [0.25, 0.3) is 5.91 Å². The largest absolute Gasteiger partial charge is 0.504 e. The lowest BCUT2D eigenvalue weighted by molar-refractivity contribution is -0.160. The number of aromatic hydroxyl groups is 2. The number of fused-ring (bicyclic) bond motifs is 2. The fourth-order valence-electron chi connectivity index (χ4n) is 5.37. The molecule has 1 amide bonds. The minimum atomic E-state index is -0.107. The molecule has 0 bridgehead atoms. The Bertz CT molecular complexity index is 990. The van der Waals surface area contributed by atoms with Gasteiger partial charge in [-0.05, 0) is 42.0 Å². The molecule has 5 rings (SSSR count). The first-order chi connectivity index (χ1) is 15.5. The van der Waals surface area contributed by atoms with E-state index >= 15 is 0 Å². The van der Waals surface area contributed by atoms with E-state index in [4.69, 9.17) is 9.47 Å². The van der Waals surface area contributed by atoms with Gasteiger partial charge in [-0.1, -0.05) is 6.07 Å². The molecule has 1 spiro atoms. The molecular weight excluding hydrogens is 410 g/mol. The number of benzene rings is 2. The summed E-state index contributed by atoms with van der Waals surface area (Å²) in [6.45, 7) is 5.97. The van der Waals surface area contributed by atoms with Crippen LogP contribution in [-0.2, 0) is 11.3 Å². The highest BCUT2D eigenvalue weighted by Gasteiger charge is 2.54. The van der Waals surface area contributed by atoms with Gasteiger partial charge < -0.3 is 24.6 Å².